The van der Waals surface area contributed by atoms with E-state index in [0.717, 1.165) is 35.0 Å². The molecule has 0 spiro atoms. The van der Waals surface area contributed by atoms with Crippen LogP contribution in [0.2, 0.25) is 0 Å². The van der Waals surface area contributed by atoms with Gasteiger partial charge in [-0.25, -0.2) is 0 Å². The third kappa shape index (κ3) is 4.39. The first-order chi connectivity index (χ1) is 19.6. The van der Waals surface area contributed by atoms with Crippen LogP contribution in [0.3, 0.4) is 0 Å². The van der Waals surface area contributed by atoms with Gasteiger partial charge in [0.05, 0.1) is 48.5 Å². The second-order valence-corrected chi connectivity index (χ2v) is 10.8. The molecule has 2 aromatic carbocycles. The fraction of sp³-hybridized carbons (Fsp3) is 0.414. The van der Waals surface area contributed by atoms with Crippen molar-refractivity contribution in [3.8, 4) is 17.5 Å². The number of fused-ring (bicyclic) bond motifs is 1. The molecule has 7 rings (SSSR count). The summed E-state index contributed by atoms with van der Waals surface area (Å²) in [6, 6.07) is 15.6. The van der Waals surface area contributed by atoms with Gasteiger partial charge in [-0.2, -0.15) is 15.3 Å². The fourth-order valence-corrected chi connectivity index (χ4v) is 5.98. The summed E-state index contributed by atoms with van der Waals surface area (Å²) in [5.41, 5.74) is 3.19. The molecule has 3 aliphatic rings. The Morgan fingerprint density at radius 1 is 1.12 bits per heavy atom. The summed E-state index contributed by atoms with van der Waals surface area (Å²) in [5, 5.41) is 29.7. The van der Waals surface area contributed by atoms with Gasteiger partial charge in [-0.15, -0.1) is 0 Å². The highest BCUT2D eigenvalue weighted by Crippen LogP contribution is 2.33. The van der Waals surface area contributed by atoms with Crippen molar-refractivity contribution in [3.63, 3.8) is 0 Å². The van der Waals surface area contributed by atoms with Crippen LogP contribution in [0.1, 0.15) is 42.7 Å². The van der Waals surface area contributed by atoms with Crippen LogP contribution in [0.25, 0.3) is 22.3 Å². The lowest BCUT2D eigenvalue weighted by Crippen LogP contribution is -2.42. The topological polar surface area (TPSA) is 134 Å². The summed E-state index contributed by atoms with van der Waals surface area (Å²) in [4.78, 5) is 21.7. The van der Waals surface area contributed by atoms with Gasteiger partial charge in [-0.1, -0.05) is 23.4 Å². The Bertz CT molecular complexity index is 1600. The van der Waals surface area contributed by atoms with E-state index in [1.165, 1.54) is 0 Å². The Morgan fingerprint density at radius 2 is 1.98 bits per heavy atom. The zero-order chi connectivity index (χ0) is 27.2. The van der Waals surface area contributed by atoms with Gasteiger partial charge in [0.25, 0.3) is 0 Å². The van der Waals surface area contributed by atoms with Crippen LogP contribution < -0.4 is 4.90 Å². The van der Waals surface area contributed by atoms with Crippen LogP contribution >= 0.6 is 0 Å². The van der Waals surface area contributed by atoms with Crippen molar-refractivity contribution in [2.75, 3.05) is 37.7 Å². The summed E-state index contributed by atoms with van der Waals surface area (Å²) >= 11 is 0. The number of nitriles is 1. The molecule has 1 amide bonds. The van der Waals surface area contributed by atoms with Gasteiger partial charge in [0, 0.05) is 48.6 Å². The van der Waals surface area contributed by atoms with Crippen LogP contribution in [-0.4, -0.2) is 74.9 Å². The van der Waals surface area contributed by atoms with Crippen molar-refractivity contribution in [1.82, 2.24) is 24.8 Å². The molecule has 3 saturated heterocycles. The highest BCUT2D eigenvalue weighted by molar-refractivity contribution is 5.83. The number of ether oxygens (including phenoxy) is 1. The quantitative estimate of drug-likeness (QED) is 0.406. The van der Waals surface area contributed by atoms with Crippen molar-refractivity contribution < 1.29 is 19.2 Å². The number of hydrogen-bond acceptors (Lipinski definition) is 9. The molecule has 11 heteroatoms. The summed E-state index contributed by atoms with van der Waals surface area (Å²) in [6.07, 6.45) is 2.97. The number of aliphatic hydroxyl groups excluding tert-OH is 1. The molecule has 0 aliphatic carbocycles. The van der Waals surface area contributed by atoms with Crippen molar-refractivity contribution >= 4 is 22.5 Å². The number of carbonyl (C=O) groups is 1. The summed E-state index contributed by atoms with van der Waals surface area (Å²) in [7, 11) is 0. The number of piperidine rings is 1. The van der Waals surface area contributed by atoms with E-state index >= 15 is 0 Å². The first kappa shape index (κ1) is 24.7. The molecular formula is C29H29N7O4. The molecule has 0 radical (unpaired) electrons. The molecule has 3 fully saturated rings. The molecule has 1 N–H and O–H groups in total. The Morgan fingerprint density at radius 3 is 2.75 bits per heavy atom. The predicted molar refractivity (Wildman–Crippen MR) is 144 cm³/mol. The number of carbonyl (C=O) groups excluding carboxylic acids is 1. The number of rotatable bonds is 5. The van der Waals surface area contributed by atoms with E-state index in [2.05, 4.69) is 16.3 Å². The molecular weight excluding hydrogens is 510 g/mol. The van der Waals surface area contributed by atoms with Gasteiger partial charge in [0.2, 0.25) is 17.6 Å². The van der Waals surface area contributed by atoms with E-state index < -0.39 is 6.23 Å². The molecule has 5 heterocycles. The number of hydrogen-bond donors (Lipinski definition) is 1. The summed E-state index contributed by atoms with van der Waals surface area (Å²) in [6.45, 7) is 2.98. The lowest BCUT2D eigenvalue weighted by Gasteiger charge is -2.32. The molecule has 11 nitrogen and oxygen atoms in total. The average molecular weight is 540 g/mol. The average Bonchev–Trinajstić information content (AvgIpc) is 3.71. The summed E-state index contributed by atoms with van der Waals surface area (Å²) < 4.78 is 13.0. The number of aliphatic hydroxyl groups is 1. The SMILES string of the molecule is N#Cc1cccc(N2C[C@@H](C(=O)N3CCC(c4nc(-c5ccc6cnn(C7COC7)c6c5)no4)CC3)CC2O)c1. The number of aromatic nitrogens is 4. The lowest BCUT2D eigenvalue weighted by molar-refractivity contribution is -0.136. The zero-order valence-electron chi connectivity index (χ0n) is 21.9. The van der Waals surface area contributed by atoms with Crippen LogP contribution in [0, 0.1) is 17.2 Å². The van der Waals surface area contributed by atoms with Crippen LogP contribution in [0.4, 0.5) is 5.69 Å². The highest BCUT2D eigenvalue weighted by atomic mass is 16.5. The van der Waals surface area contributed by atoms with Gasteiger partial charge in [-0.3, -0.25) is 9.48 Å². The maximum absolute atomic E-state index is 13.3. The maximum atomic E-state index is 13.3. The minimum absolute atomic E-state index is 0.0597. The molecule has 1 unspecified atom stereocenters. The monoisotopic (exact) mass is 539 g/mol. The minimum Gasteiger partial charge on any atom is -0.377 e. The van der Waals surface area contributed by atoms with Crippen LogP contribution in [0.15, 0.2) is 53.2 Å². The second kappa shape index (κ2) is 10.0. The van der Waals surface area contributed by atoms with E-state index in [4.69, 9.17) is 14.2 Å². The van der Waals surface area contributed by atoms with Gasteiger partial charge in [-0.05, 0) is 37.1 Å². The molecule has 40 heavy (non-hydrogen) atoms. The normalized spacial score (nSPS) is 22.0. The fourth-order valence-electron chi connectivity index (χ4n) is 5.98. The van der Waals surface area contributed by atoms with Crippen molar-refractivity contribution in [3.05, 3.63) is 60.1 Å². The first-order valence-electron chi connectivity index (χ1n) is 13.7. The first-order valence-corrected chi connectivity index (χ1v) is 13.7. The lowest BCUT2D eigenvalue weighted by atomic mass is 9.95. The molecule has 0 bridgehead atoms. The highest BCUT2D eigenvalue weighted by Gasteiger charge is 2.38. The van der Waals surface area contributed by atoms with Crippen molar-refractivity contribution in [1.29, 1.82) is 5.26 Å². The van der Waals surface area contributed by atoms with Crippen LogP contribution in [0.5, 0.6) is 0 Å². The Balaban J connectivity index is 0.988. The van der Waals surface area contributed by atoms with E-state index in [0.29, 0.717) is 56.5 Å². The predicted octanol–water partition coefficient (Wildman–Crippen LogP) is 3.08. The molecule has 2 aromatic heterocycles. The number of amides is 1. The largest absolute Gasteiger partial charge is 0.377 e. The van der Waals surface area contributed by atoms with Gasteiger partial charge < -0.3 is 24.2 Å². The van der Waals surface area contributed by atoms with E-state index in [1.807, 2.05) is 40.0 Å². The molecule has 0 saturated carbocycles. The Kier molecular flexibility index (Phi) is 6.21. The molecule has 3 aliphatic heterocycles. The van der Waals surface area contributed by atoms with E-state index in [9.17, 15) is 15.2 Å². The third-order valence-electron chi connectivity index (χ3n) is 8.35. The standard InChI is InChI=1S/C29H29N7O4/c30-13-18-2-1-3-23(10-18)35-15-22(12-26(35)37)29(38)34-8-6-19(7-9-34)28-32-27(33-40-28)20-4-5-21-14-31-36(25(21)11-20)24-16-39-17-24/h1-5,10-11,14,19,22,24,26,37H,6-9,12,15-17H2/t22-,26?/m0/s1. The second-order valence-electron chi connectivity index (χ2n) is 10.8. The molecule has 2 atom stereocenters. The molecule has 204 valence electrons. The Labute approximate surface area is 230 Å². The smallest absolute Gasteiger partial charge is 0.230 e. The number of anilines is 1. The van der Waals surface area contributed by atoms with E-state index in [-0.39, 0.29) is 23.8 Å². The van der Waals surface area contributed by atoms with E-state index in [1.54, 1.807) is 23.1 Å². The van der Waals surface area contributed by atoms with Gasteiger partial charge >= 0.3 is 0 Å². The maximum Gasteiger partial charge on any atom is 0.230 e. The molecule has 4 aromatic rings. The third-order valence-corrected chi connectivity index (χ3v) is 8.35. The van der Waals surface area contributed by atoms with Crippen molar-refractivity contribution in [2.45, 2.75) is 37.5 Å². The Hall–Kier alpha value is -4.27. The number of nitrogens with zero attached hydrogens (tertiary/aromatic N) is 7. The number of benzene rings is 2. The van der Waals surface area contributed by atoms with Gasteiger partial charge in [0.1, 0.15) is 6.23 Å². The van der Waals surface area contributed by atoms with Gasteiger partial charge in [0.15, 0.2) is 0 Å². The zero-order valence-corrected chi connectivity index (χ0v) is 21.9. The van der Waals surface area contributed by atoms with Crippen molar-refractivity contribution in [2.24, 2.45) is 5.92 Å². The number of likely N-dealkylation sites (tertiary alicyclic amines) is 1. The minimum atomic E-state index is -0.753. The van der Waals surface area contributed by atoms with Crippen LogP contribution in [-0.2, 0) is 9.53 Å². The summed E-state index contributed by atoms with van der Waals surface area (Å²) in [5.74, 6) is 1.01.